The van der Waals surface area contributed by atoms with Crippen molar-refractivity contribution >= 4 is 11.8 Å². The number of anilines is 1. The van der Waals surface area contributed by atoms with Crippen molar-refractivity contribution in [2.45, 2.75) is 13.1 Å². The third-order valence-corrected chi connectivity index (χ3v) is 4.99. The van der Waals surface area contributed by atoms with E-state index in [4.69, 9.17) is 0 Å². The van der Waals surface area contributed by atoms with Crippen molar-refractivity contribution in [1.29, 1.82) is 0 Å². The van der Waals surface area contributed by atoms with Crippen molar-refractivity contribution in [3.63, 3.8) is 0 Å². The van der Waals surface area contributed by atoms with Crippen LogP contribution in [0.1, 0.15) is 11.1 Å². The lowest BCUT2D eigenvalue weighted by Crippen LogP contribution is -2.44. The van der Waals surface area contributed by atoms with Gasteiger partial charge in [-0.25, -0.2) is 9.37 Å². The van der Waals surface area contributed by atoms with Gasteiger partial charge in [-0.05, 0) is 36.4 Å². The highest BCUT2D eigenvalue weighted by atomic mass is 19.1. The first-order chi connectivity index (χ1) is 13.5. The topological polar surface area (TPSA) is 47.0 Å². The van der Waals surface area contributed by atoms with Crippen molar-refractivity contribution in [3.05, 3.63) is 59.5 Å². The molecule has 1 N–H and O–H groups in total. The van der Waals surface area contributed by atoms with Gasteiger partial charge in [-0.2, -0.15) is 0 Å². The zero-order chi connectivity index (χ0) is 19.9. The van der Waals surface area contributed by atoms with Crippen LogP contribution in [0.4, 0.5) is 10.2 Å². The van der Waals surface area contributed by atoms with E-state index in [-0.39, 0.29) is 5.82 Å². The molecule has 150 valence electrons. The van der Waals surface area contributed by atoms with E-state index >= 15 is 0 Å². The molecule has 1 aliphatic rings. The van der Waals surface area contributed by atoms with Gasteiger partial charge >= 0.3 is 0 Å². The molecule has 6 nitrogen and oxygen atoms in total. The molecule has 0 saturated carbocycles. The van der Waals surface area contributed by atoms with Crippen LogP contribution < -0.4 is 10.2 Å². The van der Waals surface area contributed by atoms with E-state index in [1.807, 2.05) is 18.1 Å². The number of rotatable bonds is 5. The average Bonchev–Trinajstić information content (AvgIpc) is 2.71. The Morgan fingerprint density at radius 3 is 2.39 bits per heavy atom. The van der Waals surface area contributed by atoms with E-state index in [9.17, 15) is 4.39 Å². The van der Waals surface area contributed by atoms with Gasteiger partial charge in [-0.15, -0.1) is 0 Å². The summed E-state index contributed by atoms with van der Waals surface area (Å²) in [4.78, 5) is 15.6. The van der Waals surface area contributed by atoms with Gasteiger partial charge in [0.2, 0.25) is 0 Å². The van der Waals surface area contributed by atoms with Crippen LogP contribution in [0.2, 0.25) is 0 Å². The first-order valence-electron chi connectivity index (χ1n) is 9.60. The van der Waals surface area contributed by atoms with Crippen LogP contribution in [0.25, 0.3) is 0 Å². The van der Waals surface area contributed by atoms with Crippen LogP contribution in [0.5, 0.6) is 0 Å². The SMILES string of the molecule is CN=C(NCc1ccc(N2CCN(C)CC2)nc1)N(C)Cc1ccc(F)cc1. The van der Waals surface area contributed by atoms with E-state index < -0.39 is 0 Å². The van der Waals surface area contributed by atoms with Gasteiger partial charge in [0, 0.05) is 59.6 Å². The van der Waals surface area contributed by atoms with Gasteiger partial charge in [0.05, 0.1) is 0 Å². The third kappa shape index (κ3) is 5.42. The number of aromatic nitrogens is 1. The van der Waals surface area contributed by atoms with Crippen LogP contribution in [-0.4, -0.2) is 68.1 Å². The summed E-state index contributed by atoms with van der Waals surface area (Å²) in [6.07, 6.45) is 1.92. The molecule has 1 fully saturated rings. The quantitative estimate of drug-likeness (QED) is 0.633. The normalized spacial score (nSPS) is 15.6. The number of benzene rings is 1. The lowest BCUT2D eigenvalue weighted by molar-refractivity contribution is 0.312. The maximum absolute atomic E-state index is 13.1. The number of aliphatic imine (C=N–C) groups is 1. The van der Waals surface area contributed by atoms with E-state index in [2.05, 4.69) is 44.3 Å². The summed E-state index contributed by atoms with van der Waals surface area (Å²) in [6, 6.07) is 10.7. The standard InChI is InChI=1S/C21H29FN6/c1-23-21(27(3)16-17-4-7-19(22)8-5-17)25-15-18-6-9-20(24-14-18)28-12-10-26(2)11-13-28/h4-9,14H,10-13,15-16H2,1-3H3,(H,23,25). The fourth-order valence-corrected chi connectivity index (χ4v) is 3.25. The molecule has 7 heteroatoms. The summed E-state index contributed by atoms with van der Waals surface area (Å²) < 4.78 is 13.1. The van der Waals surface area contributed by atoms with Gasteiger partial charge in [-0.3, -0.25) is 4.99 Å². The number of nitrogens with zero attached hydrogens (tertiary/aromatic N) is 5. The summed E-state index contributed by atoms with van der Waals surface area (Å²) in [5.41, 5.74) is 2.14. The summed E-state index contributed by atoms with van der Waals surface area (Å²) in [5.74, 6) is 1.60. The summed E-state index contributed by atoms with van der Waals surface area (Å²) in [7, 11) is 5.88. The third-order valence-electron chi connectivity index (χ3n) is 4.99. The van der Waals surface area contributed by atoms with E-state index in [0.717, 1.165) is 49.1 Å². The van der Waals surface area contributed by atoms with Gasteiger partial charge in [-0.1, -0.05) is 18.2 Å². The molecular formula is C21H29FN6. The van der Waals surface area contributed by atoms with Crippen molar-refractivity contribution in [3.8, 4) is 0 Å². The molecule has 0 spiro atoms. The van der Waals surface area contributed by atoms with Crippen LogP contribution in [-0.2, 0) is 13.1 Å². The monoisotopic (exact) mass is 384 g/mol. The lowest BCUT2D eigenvalue weighted by atomic mass is 10.2. The number of piperazine rings is 1. The van der Waals surface area contributed by atoms with Gasteiger partial charge < -0.3 is 20.0 Å². The smallest absolute Gasteiger partial charge is 0.193 e. The van der Waals surface area contributed by atoms with Crippen molar-refractivity contribution < 1.29 is 4.39 Å². The zero-order valence-electron chi connectivity index (χ0n) is 16.9. The molecule has 0 unspecified atom stereocenters. The molecule has 0 bridgehead atoms. The molecule has 28 heavy (non-hydrogen) atoms. The predicted octanol–water partition coefficient (Wildman–Crippen LogP) is 2.18. The summed E-state index contributed by atoms with van der Waals surface area (Å²) in [6.45, 7) is 5.48. The van der Waals surface area contributed by atoms with Crippen LogP contribution >= 0.6 is 0 Å². The van der Waals surface area contributed by atoms with Gasteiger partial charge in [0.1, 0.15) is 11.6 Å². The van der Waals surface area contributed by atoms with E-state index in [1.165, 1.54) is 12.1 Å². The van der Waals surface area contributed by atoms with Crippen molar-refractivity contribution in [1.82, 2.24) is 20.1 Å². The first kappa shape index (κ1) is 20.1. The van der Waals surface area contributed by atoms with E-state index in [0.29, 0.717) is 13.1 Å². The molecule has 1 aromatic carbocycles. The van der Waals surface area contributed by atoms with E-state index in [1.54, 1.807) is 19.2 Å². The maximum Gasteiger partial charge on any atom is 0.193 e. The average molecular weight is 385 g/mol. The molecule has 1 aromatic heterocycles. The second kappa shape index (κ2) is 9.50. The first-order valence-corrected chi connectivity index (χ1v) is 9.60. The van der Waals surface area contributed by atoms with Crippen molar-refractivity contribution in [2.24, 2.45) is 4.99 Å². The zero-order valence-corrected chi connectivity index (χ0v) is 16.9. The van der Waals surface area contributed by atoms with Crippen molar-refractivity contribution in [2.75, 3.05) is 52.2 Å². The highest BCUT2D eigenvalue weighted by Gasteiger charge is 2.15. The second-order valence-corrected chi connectivity index (χ2v) is 7.20. The second-order valence-electron chi connectivity index (χ2n) is 7.20. The minimum Gasteiger partial charge on any atom is -0.354 e. The van der Waals surface area contributed by atoms with Crippen LogP contribution in [0, 0.1) is 5.82 Å². The maximum atomic E-state index is 13.1. The number of hydrogen-bond donors (Lipinski definition) is 1. The van der Waals surface area contributed by atoms with Crippen LogP contribution in [0.15, 0.2) is 47.6 Å². The Bertz CT molecular complexity index is 766. The number of halogens is 1. The Hall–Kier alpha value is -2.67. The van der Waals surface area contributed by atoms with Gasteiger partial charge in [0.15, 0.2) is 5.96 Å². The Balaban J connectivity index is 1.52. The number of pyridine rings is 1. The Morgan fingerprint density at radius 1 is 1.11 bits per heavy atom. The number of guanidine groups is 1. The molecular weight excluding hydrogens is 355 g/mol. The minimum absolute atomic E-state index is 0.221. The Morgan fingerprint density at radius 2 is 1.79 bits per heavy atom. The molecule has 0 amide bonds. The van der Waals surface area contributed by atoms with Crippen LogP contribution in [0.3, 0.4) is 0 Å². The fraction of sp³-hybridized carbons (Fsp3) is 0.429. The minimum atomic E-state index is -0.221. The molecule has 1 aliphatic heterocycles. The molecule has 0 atom stereocenters. The fourth-order valence-electron chi connectivity index (χ4n) is 3.25. The number of likely N-dealkylation sites (N-methyl/N-ethyl adjacent to an activating group) is 1. The lowest BCUT2D eigenvalue weighted by Gasteiger charge is -2.33. The molecule has 3 rings (SSSR count). The highest BCUT2D eigenvalue weighted by Crippen LogP contribution is 2.13. The molecule has 1 saturated heterocycles. The largest absolute Gasteiger partial charge is 0.354 e. The summed E-state index contributed by atoms with van der Waals surface area (Å²) >= 11 is 0. The highest BCUT2D eigenvalue weighted by molar-refractivity contribution is 5.79. The number of nitrogens with one attached hydrogen (secondary N) is 1. The molecule has 2 aromatic rings. The Kier molecular flexibility index (Phi) is 6.81. The molecule has 2 heterocycles. The predicted molar refractivity (Wildman–Crippen MR) is 112 cm³/mol. The molecule has 0 radical (unpaired) electrons. The number of hydrogen-bond acceptors (Lipinski definition) is 4. The molecule has 0 aliphatic carbocycles. The van der Waals surface area contributed by atoms with Gasteiger partial charge in [0.25, 0.3) is 0 Å². The summed E-state index contributed by atoms with van der Waals surface area (Å²) in [5, 5.41) is 3.36. The Labute approximate surface area is 166 Å².